The summed E-state index contributed by atoms with van der Waals surface area (Å²) in [5.41, 5.74) is 2.79. The second kappa shape index (κ2) is 11.5. The Bertz CT molecular complexity index is 1680. The summed E-state index contributed by atoms with van der Waals surface area (Å²) in [4.78, 5) is 44.1. The summed E-state index contributed by atoms with van der Waals surface area (Å²) in [6.45, 7) is 7.93. The first kappa shape index (κ1) is 28.6. The summed E-state index contributed by atoms with van der Waals surface area (Å²) in [7, 11) is 0. The third-order valence-electron chi connectivity index (χ3n) is 7.26. The van der Waals surface area contributed by atoms with Crippen LogP contribution in [0, 0.1) is 5.82 Å². The summed E-state index contributed by atoms with van der Waals surface area (Å²) in [5, 5.41) is 3.64. The number of fused-ring (bicyclic) bond motifs is 3. The van der Waals surface area contributed by atoms with Crippen LogP contribution in [0.15, 0.2) is 79.0 Å². The van der Waals surface area contributed by atoms with Gasteiger partial charge in [0.2, 0.25) is 0 Å². The SMILES string of the molecule is CCOC(=O)C1=CN(C(=O)c2ccc(F)cc2)CC(C)(C)c2c1[nH]c1cc(OC(=O)N[C@@H](C)c3ccccc3)ccc21. The molecule has 216 valence electrons. The lowest BCUT2D eigenvalue weighted by atomic mass is 9.81. The Hall–Kier alpha value is -4.92. The number of aromatic amines is 1. The lowest BCUT2D eigenvalue weighted by Gasteiger charge is -2.29. The Kier molecular flexibility index (Phi) is 7.85. The maximum absolute atomic E-state index is 13.5. The highest BCUT2D eigenvalue weighted by atomic mass is 19.1. The summed E-state index contributed by atoms with van der Waals surface area (Å²) in [6.07, 6.45) is 0.892. The van der Waals surface area contributed by atoms with E-state index in [2.05, 4.69) is 10.3 Å². The molecule has 8 nitrogen and oxygen atoms in total. The van der Waals surface area contributed by atoms with Gasteiger partial charge >= 0.3 is 12.1 Å². The van der Waals surface area contributed by atoms with Crippen molar-refractivity contribution < 1.29 is 28.2 Å². The Morgan fingerprint density at radius 1 is 1.05 bits per heavy atom. The molecular weight excluding hydrogens is 537 g/mol. The molecule has 3 aromatic carbocycles. The van der Waals surface area contributed by atoms with Gasteiger partial charge in [0.15, 0.2) is 0 Å². The first-order valence-electron chi connectivity index (χ1n) is 13.7. The molecule has 0 unspecified atom stereocenters. The topological polar surface area (TPSA) is 101 Å². The highest BCUT2D eigenvalue weighted by Crippen LogP contribution is 2.41. The van der Waals surface area contributed by atoms with Gasteiger partial charge in [0, 0.05) is 40.7 Å². The van der Waals surface area contributed by atoms with Crippen molar-refractivity contribution in [3.8, 4) is 5.75 Å². The number of nitrogens with one attached hydrogen (secondary N) is 2. The van der Waals surface area contributed by atoms with Crippen LogP contribution in [0.25, 0.3) is 16.5 Å². The average Bonchev–Trinajstić information content (AvgIpc) is 3.30. The largest absolute Gasteiger partial charge is 0.462 e. The van der Waals surface area contributed by atoms with Crippen molar-refractivity contribution in [2.75, 3.05) is 13.2 Å². The van der Waals surface area contributed by atoms with Crippen molar-refractivity contribution in [2.45, 2.75) is 39.2 Å². The number of ether oxygens (including phenoxy) is 2. The summed E-state index contributed by atoms with van der Waals surface area (Å²) in [5.74, 6) is -1.08. The highest BCUT2D eigenvalue weighted by Gasteiger charge is 2.37. The van der Waals surface area contributed by atoms with Crippen molar-refractivity contribution in [1.82, 2.24) is 15.2 Å². The molecule has 0 fully saturated rings. The fourth-order valence-corrected chi connectivity index (χ4v) is 5.31. The van der Waals surface area contributed by atoms with E-state index in [1.165, 1.54) is 35.4 Å². The van der Waals surface area contributed by atoms with E-state index >= 15 is 0 Å². The molecule has 0 spiro atoms. The van der Waals surface area contributed by atoms with Crippen molar-refractivity contribution in [1.29, 1.82) is 0 Å². The second-order valence-electron chi connectivity index (χ2n) is 10.8. The Morgan fingerprint density at radius 3 is 2.45 bits per heavy atom. The number of hydrogen-bond acceptors (Lipinski definition) is 5. The number of aromatic nitrogens is 1. The first-order chi connectivity index (χ1) is 20.1. The third kappa shape index (κ3) is 5.76. The fourth-order valence-electron chi connectivity index (χ4n) is 5.31. The molecule has 42 heavy (non-hydrogen) atoms. The smallest absolute Gasteiger partial charge is 0.413 e. The van der Waals surface area contributed by atoms with E-state index in [4.69, 9.17) is 9.47 Å². The van der Waals surface area contributed by atoms with Crippen LogP contribution in [-0.2, 0) is 14.9 Å². The van der Waals surface area contributed by atoms with E-state index < -0.39 is 23.3 Å². The molecule has 0 bridgehead atoms. The molecule has 1 aliphatic rings. The maximum atomic E-state index is 13.5. The molecule has 2 amide bonds. The Morgan fingerprint density at radius 2 is 1.76 bits per heavy atom. The fraction of sp³-hybridized carbons (Fsp3) is 0.242. The van der Waals surface area contributed by atoms with Gasteiger partial charge in [0.25, 0.3) is 5.91 Å². The molecule has 0 radical (unpaired) electrons. The van der Waals surface area contributed by atoms with E-state index in [-0.39, 0.29) is 30.7 Å². The van der Waals surface area contributed by atoms with Crippen LogP contribution < -0.4 is 10.1 Å². The second-order valence-corrected chi connectivity index (χ2v) is 10.8. The minimum Gasteiger partial charge on any atom is -0.462 e. The number of benzene rings is 3. The first-order valence-corrected chi connectivity index (χ1v) is 13.7. The van der Waals surface area contributed by atoms with Crippen molar-refractivity contribution in [3.63, 3.8) is 0 Å². The molecule has 2 heterocycles. The van der Waals surface area contributed by atoms with Gasteiger partial charge in [-0.3, -0.25) is 4.79 Å². The number of carbonyl (C=O) groups excluding carboxylic acids is 3. The number of esters is 1. The van der Waals surface area contributed by atoms with Gasteiger partial charge in [-0.25, -0.2) is 14.0 Å². The number of halogens is 1. The average molecular weight is 570 g/mol. The molecule has 1 aliphatic heterocycles. The van der Waals surface area contributed by atoms with Gasteiger partial charge in [-0.05, 0) is 61.4 Å². The van der Waals surface area contributed by atoms with Crippen LogP contribution in [0.2, 0.25) is 0 Å². The molecule has 9 heteroatoms. The molecule has 0 aliphatic carbocycles. The van der Waals surface area contributed by atoms with Crippen molar-refractivity contribution in [3.05, 3.63) is 107 Å². The zero-order valence-electron chi connectivity index (χ0n) is 23.9. The van der Waals surface area contributed by atoms with Crippen LogP contribution in [-0.4, -0.2) is 41.0 Å². The monoisotopic (exact) mass is 569 g/mol. The molecular formula is C33H32FN3O5. The number of hydrogen-bond donors (Lipinski definition) is 2. The van der Waals surface area contributed by atoms with Crippen LogP contribution in [0.1, 0.15) is 60.9 Å². The summed E-state index contributed by atoms with van der Waals surface area (Å²) >= 11 is 0. The van der Waals surface area contributed by atoms with Crippen molar-refractivity contribution in [2.24, 2.45) is 0 Å². The van der Waals surface area contributed by atoms with E-state index in [0.29, 0.717) is 22.5 Å². The maximum Gasteiger partial charge on any atom is 0.413 e. The minimum atomic E-state index is -0.626. The molecule has 2 N–H and O–H groups in total. The van der Waals surface area contributed by atoms with Crippen LogP contribution in [0.3, 0.4) is 0 Å². The standard InChI is InChI=1S/C33H32FN3O5/c1-5-41-31(39)26-18-37(30(38)22-11-13-23(34)14-12-22)19-33(3,4)28-25-16-15-24(17-27(25)36-29(26)28)42-32(40)35-20(2)21-9-7-6-8-10-21/h6-18,20,36H,5,19H2,1-4H3,(H,35,40)/t20-/m0/s1. The minimum absolute atomic E-state index is 0.148. The number of H-pyrrole nitrogens is 1. The Labute approximate surface area is 243 Å². The molecule has 0 saturated heterocycles. The summed E-state index contributed by atoms with van der Waals surface area (Å²) in [6, 6.07) is 19.8. The molecule has 1 aromatic heterocycles. The zero-order valence-corrected chi connectivity index (χ0v) is 23.9. The summed E-state index contributed by atoms with van der Waals surface area (Å²) < 4.78 is 24.5. The van der Waals surface area contributed by atoms with Gasteiger partial charge in [0.05, 0.1) is 23.9 Å². The predicted octanol–water partition coefficient (Wildman–Crippen LogP) is 6.49. The lowest BCUT2D eigenvalue weighted by Crippen LogP contribution is -2.37. The van der Waals surface area contributed by atoms with Crippen LogP contribution >= 0.6 is 0 Å². The highest BCUT2D eigenvalue weighted by molar-refractivity contribution is 6.18. The van der Waals surface area contributed by atoms with Gasteiger partial charge in [-0.1, -0.05) is 44.2 Å². The third-order valence-corrected chi connectivity index (χ3v) is 7.26. The van der Waals surface area contributed by atoms with Crippen LogP contribution in [0.5, 0.6) is 5.75 Å². The van der Waals surface area contributed by atoms with Gasteiger partial charge in [-0.2, -0.15) is 0 Å². The van der Waals surface area contributed by atoms with Gasteiger partial charge < -0.3 is 24.7 Å². The molecule has 5 rings (SSSR count). The van der Waals surface area contributed by atoms with E-state index in [9.17, 15) is 18.8 Å². The predicted molar refractivity (Wildman–Crippen MR) is 157 cm³/mol. The van der Waals surface area contributed by atoms with Crippen LogP contribution in [0.4, 0.5) is 9.18 Å². The number of nitrogens with zero attached hydrogens (tertiary/aromatic N) is 1. The Balaban J connectivity index is 1.49. The number of rotatable bonds is 6. The molecule has 1 atom stereocenters. The number of carbonyl (C=O) groups is 3. The molecule has 4 aromatic rings. The lowest BCUT2D eigenvalue weighted by molar-refractivity contribution is -0.136. The van der Waals surface area contributed by atoms with E-state index in [1.54, 1.807) is 19.1 Å². The van der Waals surface area contributed by atoms with Gasteiger partial charge in [-0.15, -0.1) is 0 Å². The van der Waals surface area contributed by atoms with E-state index in [1.807, 2.05) is 57.2 Å². The van der Waals surface area contributed by atoms with Crippen molar-refractivity contribution >= 4 is 34.4 Å². The zero-order chi connectivity index (χ0) is 30.0. The number of amides is 2. The van der Waals surface area contributed by atoms with Gasteiger partial charge in [0.1, 0.15) is 11.6 Å². The van der Waals surface area contributed by atoms with E-state index in [0.717, 1.165) is 16.5 Å². The molecule has 0 saturated carbocycles. The quantitative estimate of drug-likeness (QED) is 0.259. The normalized spacial score (nSPS) is 14.8.